The third-order valence-corrected chi connectivity index (χ3v) is 4.76. The minimum absolute atomic E-state index is 0.00805. The summed E-state index contributed by atoms with van der Waals surface area (Å²) >= 11 is 0. The van der Waals surface area contributed by atoms with Crippen LogP contribution in [0.1, 0.15) is 49.3 Å². The van der Waals surface area contributed by atoms with E-state index in [4.69, 9.17) is 4.74 Å². The van der Waals surface area contributed by atoms with E-state index in [-0.39, 0.29) is 56.2 Å². The van der Waals surface area contributed by atoms with Crippen LogP contribution in [0.2, 0.25) is 0 Å². The molecule has 7 heteroatoms. The highest BCUT2D eigenvalue weighted by Crippen LogP contribution is 2.29. The molecule has 7 nitrogen and oxygen atoms in total. The molecule has 1 aromatic rings. The topological polar surface area (TPSA) is 92.8 Å². The highest BCUT2D eigenvalue weighted by Gasteiger charge is 2.29. The number of likely N-dealkylation sites (tertiary alicyclic amines) is 1. The number of esters is 1. The summed E-state index contributed by atoms with van der Waals surface area (Å²) in [5.41, 5.74) is 2.35. The summed E-state index contributed by atoms with van der Waals surface area (Å²) in [7, 11) is 0. The highest BCUT2D eigenvalue weighted by atomic mass is 16.5. The summed E-state index contributed by atoms with van der Waals surface area (Å²) in [4.78, 5) is 47.9. The monoisotopic (exact) mass is 358 g/mol. The number of rotatable bonds is 6. The first kappa shape index (κ1) is 18.1. The maximum absolute atomic E-state index is 12.1. The average Bonchev–Trinajstić information content (AvgIpc) is 2.96. The molecule has 2 aliphatic rings. The Labute approximate surface area is 151 Å². The van der Waals surface area contributed by atoms with Crippen molar-refractivity contribution in [2.24, 2.45) is 0 Å². The molecule has 1 aliphatic heterocycles. The number of hydrogen-bond donors (Lipinski definition) is 1. The summed E-state index contributed by atoms with van der Waals surface area (Å²) in [6.45, 7) is -0.354. The first-order valence-corrected chi connectivity index (χ1v) is 8.90. The third kappa shape index (κ3) is 4.28. The van der Waals surface area contributed by atoms with Crippen LogP contribution in [0.3, 0.4) is 0 Å². The van der Waals surface area contributed by atoms with E-state index in [9.17, 15) is 19.2 Å². The van der Waals surface area contributed by atoms with Gasteiger partial charge in [0.1, 0.15) is 0 Å². The van der Waals surface area contributed by atoms with Crippen molar-refractivity contribution in [2.45, 2.75) is 44.6 Å². The standard InChI is InChI=1S/C19H22N2O5/c22-16(20-15-7-3-5-13-4-1-2-6-14(13)15)12-26-19(25)10-11-21-17(23)8-9-18(21)24/h1-2,4,6,15H,3,5,7-12H2,(H,20,22). The molecule has 0 bridgehead atoms. The van der Waals surface area contributed by atoms with E-state index < -0.39 is 5.97 Å². The number of nitrogens with one attached hydrogen (secondary N) is 1. The number of benzene rings is 1. The lowest BCUT2D eigenvalue weighted by Gasteiger charge is -2.26. The smallest absolute Gasteiger partial charge is 0.308 e. The zero-order chi connectivity index (χ0) is 18.5. The normalized spacial score (nSPS) is 19.2. The van der Waals surface area contributed by atoms with Crippen molar-refractivity contribution in [3.63, 3.8) is 0 Å². The highest BCUT2D eigenvalue weighted by molar-refractivity contribution is 6.02. The van der Waals surface area contributed by atoms with Crippen LogP contribution in [0.5, 0.6) is 0 Å². The van der Waals surface area contributed by atoms with Gasteiger partial charge in [0, 0.05) is 19.4 Å². The van der Waals surface area contributed by atoms with Crippen molar-refractivity contribution < 1.29 is 23.9 Å². The number of imide groups is 1. The fraction of sp³-hybridized carbons (Fsp3) is 0.474. The molecule has 0 aromatic heterocycles. The molecule has 1 aromatic carbocycles. The number of nitrogens with zero attached hydrogens (tertiary/aromatic N) is 1. The molecule has 0 spiro atoms. The molecule has 1 aliphatic carbocycles. The fourth-order valence-corrected chi connectivity index (χ4v) is 3.43. The van der Waals surface area contributed by atoms with Crippen LogP contribution >= 0.6 is 0 Å². The van der Waals surface area contributed by atoms with Gasteiger partial charge in [-0.1, -0.05) is 24.3 Å². The zero-order valence-corrected chi connectivity index (χ0v) is 14.5. The molecule has 1 N–H and O–H groups in total. The SMILES string of the molecule is O=C(COC(=O)CCN1C(=O)CCC1=O)NC1CCCc2ccccc21. The second-order valence-corrected chi connectivity index (χ2v) is 6.56. The van der Waals surface area contributed by atoms with Gasteiger partial charge in [-0.2, -0.15) is 0 Å². The largest absolute Gasteiger partial charge is 0.456 e. The maximum atomic E-state index is 12.1. The van der Waals surface area contributed by atoms with Crippen LogP contribution in [0.15, 0.2) is 24.3 Å². The lowest BCUT2D eigenvalue weighted by molar-refractivity contribution is -0.150. The van der Waals surface area contributed by atoms with E-state index in [1.807, 2.05) is 18.2 Å². The second-order valence-electron chi connectivity index (χ2n) is 6.56. The van der Waals surface area contributed by atoms with E-state index in [0.29, 0.717) is 0 Å². The van der Waals surface area contributed by atoms with Gasteiger partial charge in [0.2, 0.25) is 11.8 Å². The van der Waals surface area contributed by atoms with Crippen molar-refractivity contribution in [1.82, 2.24) is 10.2 Å². The van der Waals surface area contributed by atoms with Gasteiger partial charge in [0.25, 0.3) is 5.91 Å². The summed E-state index contributed by atoms with van der Waals surface area (Å²) in [5.74, 6) is -1.49. The molecule has 1 fully saturated rings. The number of ether oxygens (including phenoxy) is 1. The van der Waals surface area contributed by atoms with Crippen molar-refractivity contribution in [3.05, 3.63) is 35.4 Å². The number of carbonyl (C=O) groups excluding carboxylic acids is 4. The Morgan fingerprint density at radius 2 is 1.85 bits per heavy atom. The van der Waals surface area contributed by atoms with E-state index >= 15 is 0 Å². The maximum Gasteiger partial charge on any atom is 0.308 e. The first-order chi connectivity index (χ1) is 12.5. The van der Waals surface area contributed by atoms with Crippen LogP contribution in [-0.2, 0) is 30.3 Å². The van der Waals surface area contributed by atoms with Crippen molar-refractivity contribution in [1.29, 1.82) is 0 Å². The lowest BCUT2D eigenvalue weighted by Crippen LogP contribution is -2.35. The Balaban J connectivity index is 1.42. The molecule has 0 radical (unpaired) electrons. The molecule has 26 heavy (non-hydrogen) atoms. The van der Waals surface area contributed by atoms with Gasteiger partial charge < -0.3 is 10.1 Å². The van der Waals surface area contributed by atoms with E-state index in [1.165, 1.54) is 5.56 Å². The Morgan fingerprint density at radius 3 is 2.62 bits per heavy atom. The molecule has 1 atom stereocenters. The minimum Gasteiger partial charge on any atom is -0.456 e. The fourth-order valence-electron chi connectivity index (χ4n) is 3.43. The summed E-state index contributed by atoms with van der Waals surface area (Å²) in [6.07, 6.45) is 3.15. The second kappa shape index (κ2) is 8.12. The Morgan fingerprint density at radius 1 is 1.12 bits per heavy atom. The number of amides is 3. The Hall–Kier alpha value is -2.70. The van der Waals surface area contributed by atoms with Crippen molar-refractivity contribution in [2.75, 3.05) is 13.2 Å². The Kier molecular flexibility index (Phi) is 5.65. The number of aryl methyl sites for hydroxylation is 1. The lowest BCUT2D eigenvalue weighted by atomic mass is 9.88. The van der Waals surface area contributed by atoms with E-state index in [0.717, 1.165) is 29.7 Å². The summed E-state index contributed by atoms with van der Waals surface area (Å²) in [6, 6.07) is 7.95. The minimum atomic E-state index is -0.600. The molecule has 3 amide bonds. The molecule has 0 saturated carbocycles. The van der Waals surface area contributed by atoms with Crippen LogP contribution in [0, 0.1) is 0 Å². The molecular weight excluding hydrogens is 336 g/mol. The van der Waals surface area contributed by atoms with Gasteiger partial charge in [-0.3, -0.25) is 24.1 Å². The number of carbonyl (C=O) groups is 4. The molecule has 1 saturated heterocycles. The van der Waals surface area contributed by atoms with Crippen LogP contribution in [0.4, 0.5) is 0 Å². The van der Waals surface area contributed by atoms with Crippen LogP contribution < -0.4 is 5.32 Å². The molecule has 1 unspecified atom stereocenters. The molecular formula is C19H22N2O5. The van der Waals surface area contributed by atoms with E-state index in [1.54, 1.807) is 0 Å². The predicted octanol–water partition coefficient (Wildman–Crippen LogP) is 1.26. The number of hydrogen-bond acceptors (Lipinski definition) is 5. The first-order valence-electron chi connectivity index (χ1n) is 8.90. The average molecular weight is 358 g/mol. The van der Waals surface area contributed by atoms with Gasteiger partial charge in [-0.25, -0.2) is 0 Å². The van der Waals surface area contributed by atoms with Gasteiger partial charge >= 0.3 is 5.97 Å². The molecule has 1 heterocycles. The number of fused-ring (bicyclic) bond motifs is 1. The van der Waals surface area contributed by atoms with E-state index in [2.05, 4.69) is 11.4 Å². The molecule has 3 rings (SSSR count). The van der Waals surface area contributed by atoms with Crippen LogP contribution in [0.25, 0.3) is 0 Å². The van der Waals surface area contributed by atoms with Crippen molar-refractivity contribution in [3.8, 4) is 0 Å². The summed E-state index contributed by atoms with van der Waals surface area (Å²) < 4.78 is 4.96. The zero-order valence-electron chi connectivity index (χ0n) is 14.5. The van der Waals surface area contributed by atoms with Gasteiger partial charge in [-0.05, 0) is 30.4 Å². The third-order valence-electron chi connectivity index (χ3n) is 4.76. The predicted molar refractivity (Wildman–Crippen MR) is 91.8 cm³/mol. The van der Waals surface area contributed by atoms with Crippen molar-refractivity contribution >= 4 is 23.7 Å². The van der Waals surface area contributed by atoms with Gasteiger partial charge in [0.15, 0.2) is 6.61 Å². The Bertz CT molecular complexity index is 714. The quantitative estimate of drug-likeness (QED) is 0.610. The molecule has 138 valence electrons. The van der Waals surface area contributed by atoms with Gasteiger partial charge in [0.05, 0.1) is 12.5 Å². The van der Waals surface area contributed by atoms with Gasteiger partial charge in [-0.15, -0.1) is 0 Å². The summed E-state index contributed by atoms with van der Waals surface area (Å²) in [5, 5.41) is 2.91. The van der Waals surface area contributed by atoms with Crippen LogP contribution in [-0.4, -0.2) is 41.7 Å².